The zero-order valence-electron chi connectivity index (χ0n) is 35.1. The van der Waals surface area contributed by atoms with Crippen molar-refractivity contribution in [2.75, 3.05) is 19.8 Å². The molecule has 0 saturated carbocycles. The summed E-state index contributed by atoms with van der Waals surface area (Å²) in [6.45, 7) is 2.68. The van der Waals surface area contributed by atoms with Gasteiger partial charge >= 0.3 is 25.7 Å². The summed E-state index contributed by atoms with van der Waals surface area (Å²) in [5.41, 5.74) is 5.33. The quantitative estimate of drug-likeness (QED) is 0.0175. The highest BCUT2D eigenvalue weighted by Gasteiger charge is 2.37. The van der Waals surface area contributed by atoms with Crippen molar-refractivity contribution in [1.29, 1.82) is 0 Å². The standard InChI is InChI=1S/C44H76NO11P/c1-3-5-7-9-11-13-15-17-18-19-21-23-25-27-29-33-42(46)52-35-38(36-53-57(50,51)54-37-39(45)44(48)49)55-43(47)34-30-32-41-40(56-41)31-28-26-24-22-20-16-14-12-10-8-6-4-2/h12,14,17-18,20,22,26,28,38-41H,3-11,13,15-16,19,21,23-25,27,29-37,45H2,1-2H3,(H,48,49)(H,50,51)/b14-12-,18-17-,22-20-,28-26-/t38-,39+,40?,41?/m1/s1. The topological polar surface area (TPSA) is 184 Å². The van der Waals surface area contributed by atoms with Crippen molar-refractivity contribution in [2.24, 2.45) is 5.73 Å². The molecule has 0 aromatic heterocycles. The number of nitrogens with two attached hydrogens (primary N) is 1. The highest BCUT2D eigenvalue weighted by atomic mass is 31.2. The SMILES string of the molecule is CCCCC/C=C\C/C=C\C/C=C\CC1OC1CCCC(=O)O[C@H](COC(=O)CCCCCCC/C=C\CCCCCCCC)COP(=O)(O)OC[C@H](N)C(=O)O. The summed E-state index contributed by atoms with van der Waals surface area (Å²) in [7, 11) is -4.74. The lowest BCUT2D eigenvalue weighted by Crippen LogP contribution is -2.34. The van der Waals surface area contributed by atoms with Crippen LogP contribution < -0.4 is 5.73 Å². The summed E-state index contributed by atoms with van der Waals surface area (Å²) in [5.74, 6) is -2.48. The molecular weight excluding hydrogens is 749 g/mol. The molecule has 1 rings (SSSR count). The predicted molar refractivity (Wildman–Crippen MR) is 226 cm³/mol. The first-order valence-corrected chi connectivity index (χ1v) is 23.3. The van der Waals surface area contributed by atoms with Gasteiger partial charge < -0.3 is 29.9 Å². The van der Waals surface area contributed by atoms with E-state index in [-0.39, 0.29) is 31.7 Å². The Hall–Kier alpha value is -2.60. The van der Waals surface area contributed by atoms with Gasteiger partial charge in [-0.2, -0.15) is 0 Å². The lowest BCUT2D eigenvalue weighted by molar-refractivity contribution is -0.161. The minimum atomic E-state index is -4.74. The van der Waals surface area contributed by atoms with E-state index < -0.39 is 51.1 Å². The maximum absolute atomic E-state index is 12.7. The molecule has 0 bridgehead atoms. The largest absolute Gasteiger partial charge is 0.480 e. The highest BCUT2D eigenvalue weighted by Crippen LogP contribution is 2.43. The van der Waals surface area contributed by atoms with Crippen molar-refractivity contribution in [3.63, 3.8) is 0 Å². The molecule has 0 aromatic carbocycles. The van der Waals surface area contributed by atoms with Crippen LogP contribution in [0.4, 0.5) is 0 Å². The first-order chi connectivity index (χ1) is 27.6. The van der Waals surface area contributed by atoms with Crippen LogP contribution in [-0.4, -0.2) is 72.1 Å². The number of rotatable bonds is 39. The number of carboxylic acid groups (broad SMARTS) is 1. The average molecular weight is 826 g/mol. The number of ether oxygens (including phenoxy) is 3. The molecule has 1 saturated heterocycles. The number of hydrogen-bond donors (Lipinski definition) is 3. The van der Waals surface area contributed by atoms with Gasteiger partial charge in [-0.1, -0.05) is 127 Å². The number of epoxide rings is 1. The second-order valence-corrected chi connectivity index (χ2v) is 16.3. The van der Waals surface area contributed by atoms with E-state index in [1.807, 2.05) is 0 Å². The molecule has 0 aliphatic carbocycles. The van der Waals surface area contributed by atoms with E-state index in [4.69, 9.17) is 29.6 Å². The van der Waals surface area contributed by atoms with Gasteiger partial charge in [-0.05, 0) is 77.0 Å². The molecule has 0 radical (unpaired) electrons. The van der Waals surface area contributed by atoms with Gasteiger partial charge in [-0.3, -0.25) is 23.4 Å². The summed E-state index contributed by atoms with van der Waals surface area (Å²) in [4.78, 5) is 46.1. The van der Waals surface area contributed by atoms with Crippen LogP contribution in [0.5, 0.6) is 0 Å². The molecule has 57 heavy (non-hydrogen) atoms. The number of aliphatic carboxylic acids is 1. The molecular formula is C44H76NO11P. The lowest BCUT2D eigenvalue weighted by Gasteiger charge is -2.20. The van der Waals surface area contributed by atoms with E-state index in [2.05, 4.69) is 67.0 Å². The van der Waals surface area contributed by atoms with Crippen LogP contribution in [0.25, 0.3) is 0 Å². The summed E-state index contributed by atoms with van der Waals surface area (Å²) < 4.78 is 38.4. The van der Waals surface area contributed by atoms with Gasteiger partial charge in [0.15, 0.2) is 6.10 Å². The van der Waals surface area contributed by atoms with Crippen molar-refractivity contribution in [3.8, 4) is 0 Å². The Kier molecular flexibility index (Phi) is 32.5. The van der Waals surface area contributed by atoms with Gasteiger partial charge in [0.25, 0.3) is 0 Å². The Labute approximate surface area is 343 Å². The van der Waals surface area contributed by atoms with E-state index in [0.717, 1.165) is 64.2 Å². The number of esters is 2. The maximum Gasteiger partial charge on any atom is 0.472 e. The third kappa shape index (κ3) is 33.0. The van der Waals surface area contributed by atoms with Crippen LogP contribution in [0.3, 0.4) is 0 Å². The number of allylic oxidation sites excluding steroid dienone is 7. The van der Waals surface area contributed by atoms with Crippen LogP contribution in [0.1, 0.15) is 168 Å². The average Bonchev–Trinajstić information content (AvgIpc) is 3.94. The highest BCUT2D eigenvalue weighted by molar-refractivity contribution is 7.47. The van der Waals surface area contributed by atoms with Crippen LogP contribution in [0.2, 0.25) is 0 Å². The van der Waals surface area contributed by atoms with E-state index in [9.17, 15) is 23.8 Å². The van der Waals surface area contributed by atoms with Crippen LogP contribution >= 0.6 is 7.82 Å². The number of carboxylic acids is 1. The van der Waals surface area contributed by atoms with Crippen LogP contribution in [-0.2, 0) is 42.2 Å². The van der Waals surface area contributed by atoms with Crippen molar-refractivity contribution in [2.45, 2.75) is 192 Å². The molecule has 4 N–H and O–H groups in total. The Bertz CT molecular complexity index is 1220. The number of phosphoric ester groups is 1. The molecule has 0 aromatic rings. The zero-order chi connectivity index (χ0) is 41.8. The first-order valence-electron chi connectivity index (χ1n) is 21.8. The van der Waals surface area contributed by atoms with Gasteiger partial charge in [-0.25, -0.2) is 4.57 Å². The third-order valence-electron chi connectivity index (χ3n) is 9.47. The van der Waals surface area contributed by atoms with Crippen LogP contribution in [0.15, 0.2) is 48.6 Å². The summed E-state index contributed by atoms with van der Waals surface area (Å²) in [5, 5.41) is 8.90. The van der Waals surface area contributed by atoms with E-state index >= 15 is 0 Å². The molecule has 5 atom stereocenters. The summed E-state index contributed by atoms with van der Waals surface area (Å²) >= 11 is 0. The predicted octanol–water partition coefficient (Wildman–Crippen LogP) is 10.4. The molecule has 13 heteroatoms. The Morgan fingerprint density at radius 1 is 0.649 bits per heavy atom. The third-order valence-corrected chi connectivity index (χ3v) is 10.4. The van der Waals surface area contributed by atoms with Gasteiger partial charge in [0, 0.05) is 12.8 Å². The molecule has 12 nitrogen and oxygen atoms in total. The monoisotopic (exact) mass is 826 g/mol. The molecule has 1 fully saturated rings. The van der Waals surface area contributed by atoms with Crippen molar-refractivity contribution < 1.29 is 52.2 Å². The minimum absolute atomic E-state index is 0.0698. The Balaban J connectivity index is 2.36. The fraction of sp³-hybridized carbons (Fsp3) is 0.750. The number of hydrogen-bond acceptors (Lipinski definition) is 10. The second kappa shape index (κ2) is 35.4. The van der Waals surface area contributed by atoms with Gasteiger partial charge in [0.1, 0.15) is 12.6 Å². The molecule has 0 amide bonds. The van der Waals surface area contributed by atoms with Crippen LogP contribution in [0, 0.1) is 0 Å². The maximum atomic E-state index is 12.7. The second-order valence-electron chi connectivity index (χ2n) is 14.9. The van der Waals surface area contributed by atoms with E-state index in [0.29, 0.717) is 19.3 Å². The van der Waals surface area contributed by atoms with Crippen molar-refractivity contribution in [1.82, 2.24) is 0 Å². The zero-order valence-corrected chi connectivity index (χ0v) is 36.0. The molecule has 3 unspecified atom stereocenters. The Morgan fingerprint density at radius 2 is 1.16 bits per heavy atom. The fourth-order valence-corrected chi connectivity index (χ4v) is 6.69. The van der Waals surface area contributed by atoms with Crippen molar-refractivity contribution in [3.05, 3.63) is 48.6 Å². The number of carbonyl (C=O) groups excluding carboxylic acids is 2. The fourth-order valence-electron chi connectivity index (χ4n) is 5.91. The normalized spacial score (nSPS) is 17.8. The smallest absolute Gasteiger partial charge is 0.472 e. The first kappa shape index (κ1) is 52.4. The minimum Gasteiger partial charge on any atom is -0.480 e. The van der Waals surface area contributed by atoms with Gasteiger partial charge in [-0.15, -0.1) is 0 Å². The lowest BCUT2D eigenvalue weighted by atomic mass is 10.1. The molecule has 1 heterocycles. The molecule has 1 aliphatic heterocycles. The molecule has 1 aliphatic rings. The van der Waals surface area contributed by atoms with E-state index in [1.54, 1.807) is 0 Å². The number of phosphoric acid groups is 1. The number of carbonyl (C=O) groups is 3. The van der Waals surface area contributed by atoms with E-state index in [1.165, 1.54) is 57.8 Å². The Morgan fingerprint density at radius 3 is 1.81 bits per heavy atom. The summed E-state index contributed by atoms with van der Waals surface area (Å²) in [6, 6.07) is -1.54. The summed E-state index contributed by atoms with van der Waals surface area (Å²) in [6.07, 6.45) is 40.5. The number of unbranched alkanes of at least 4 members (excludes halogenated alkanes) is 14. The van der Waals surface area contributed by atoms with Gasteiger partial charge in [0.05, 0.1) is 25.4 Å². The molecule has 0 spiro atoms. The molecule has 328 valence electrons. The van der Waals surface area contributed by atoms with Gasteiger partial charge in [0.2, 0.25) is 0 Å². The van der Waals surface area contributed by atoms with Crippen molar-refractivity contribution >= 4 is 25.7 Å².